The van der Waals surface area contributed by atoms with E-state index in [2.05, 4.69) is 15.6 Å². The third-order valence-corrected chi connectivity index (χ3v) is 1.65. The first-order chi connectivity index (χ1) is 5.16. The predicted octanol–water partition coefficient (Wildman–Crippen LogP) is -0.850. The van der Waals surface area contributed by atoms with Crippen molar-refractivity contribution in [1.82, 2.24) is 15.6 Å². The first-order valence-electron chi connectivity index (χ1n) is 2.95. The largest absolute Gasteiger partial charge is 0.314 e. The Morgan fingerprint density at radius 3 is 2.64 bits per heavy atom. The second-order valence-electron chi connectivity index (χ2n) is 2.05. The number of hydrogen-bond acceptors (Lipinski definition) is 3. The van der Waals surface area contributed by atoms with Crippen LogP contribution in [0.15, 0.2) is 4.79 Å². The molecule has 0 bridgehead atoms. The van der Waals surface area contributed by atoms with E-state index in [1.807, 2.05) is 0 Å². The maximum absolute atomic E-state index is 11.0. The predicted molar refractivity (Wildman–Crippen MR) is 45.2 cm³/mol. The molecule has 0 radical (unpaired) electrons. The molecule has 5 nitrogen and oxygen atoms in total. The first kappa shape index (κ1) is 7.96. The van der Waals surface area contributed by atoms with Gasteiger partial charge in [0.05, 0.1) is 5.56 Å². The average molecular weight is 172 g/mol. The molecular formula is C5H8N4OS. The number of rotatable bonds is 1. The SMILES string of the molecule is Cc1[nH][nH]c(=O)c1C(=S)NN. The van der Waals surface area contributed by atoms with Gasteiger partial charge >= 0.3 is 0 Å². The number of aromatic nitrogens is 2. The zero-order valence-corrected chi connectivity index (χ0v) is 6.71. The fraction of sp³-hybridized carbons (Fsp3) is 0.200. The van der Waals surface area contributed by atoms with E-state index in [1.165, 1.54) is 0 Å². The number of H-pyrrole nitrogens is 2. The Kier molecular flexibility index (Phi) is 2.06. The Labute approximate surface area is 67.9 Å². The van der Waals surface area contributed by atoms with Gasteiger partial charge < -0.3 is 10.5 Å². The van der Waals surface area contributed by atoms with Crippen LogP contribution < -0.4 is 16.8 Å². The van der Waals surface area contributed by atoms with Crippen LogP contribution >= 0.6 is 12.2 Å². The molecule has 0 saturated carbocycles. The van der Waals surface area contributed by atoms with Crippen LogP contribution in [-0.4, -0.2) is 15.2 Å². The van der Waals surface area contributed by atoms with E-state index < -0.39 is 0 Å². The van der Waals surface area contributed by atoms with E-state index in [-0.39, 0.29) is 10.5 Å². The molecule has 0 unspecified atom stereocenters. The summed E-state index contributed by atoms with van der Waals surface area (Å²) in [5.41, 5.74) is 3.05. The lowest BCUT2D eigenvalue weighted by Gasteiger charge is -1.97. The third-order valence-electron chi connectivity index (χ3n) is 1.32. The molecule has 0 aliphatic heterocycles. The van der Waals surface area contributed by atoms with Crippen molar-refractivity contribution in [3.8, 4) is 0 Å². The Hall–Kier alpha value is -1.14. The normalized spacial score (nSPS) is 9.64. The van der Waals surface area contributed by atoms with Crippen LogP contribution in [0.4, 0.5) is 0 Å². The fourth-order valence-electron chi connectivity index (χ4n) is 0.791. The second-order valence-corrected chi connectivity index (χ2v) is 2.46. The Balaban J connectivity index is 3.21. The Morgan fingerprint density at radius 1 is 1.64 bits per heavy atom. The first-order valence-corrected chi connectivity index (χ1v) is 3.36. The number of aryl methyl sites for hydroxylation is 1. The molecule has 1 rings (SSSR count). The number of hydrogen-bond donors (Lipinski definition) is 4. The van der Waals surface area contributed by atoms with Gasteiger partial charge in [-0.2, -0.15) is 0 Å². The van der Waals surface area contributed by atoms with Crippen molar-refractivity contribution in [2.24, 2.45) is 5.84 Å². The summed E-state index contributed by atoms with van der Waals surface area (Å²) in [7, 11) is 0. The molecule has 0 amide bonds. The quantitative estimate of drug-likeness (QED) is 0.252. The lowest BCUT2D eigenvalue weighted by molar-refractivity contribution is 1.02. The highest BCUT2D eigenvalue weighted by molar-refractivity contribution is 7.80. The lowest BCUT2D eigenvalue weighted by atomic mass is 10.2. The summed E-state index contributed by atoms with van der Waals surface area (Å²) >= 11 is 4.77. The van der Waals surface area contributed by atoms with E-state index in [0.717, 1.165) is 0 Å². The van der Waals surface area contributed by atoms with E-state index in [0.29, 0.717) is 11.3 Å². The van der Waals surface area contributed by atoms with Crippen molar-refractivity contribution in [3.05, 3.63) is 21.6 Å². The molecule has 5 N–H and O–H groups in total. The molecule has 0 atom stereocenters. The van der Waals surface area contributed by atoms with Crippen LogP contribution in [0.25, 0.3) is 0 Å². The summed E-state index contributed by atoms with van der Waals surface area (Å²) in [6.45, 7) is 1.73. The van der Waals surface area contributed by atoms with Crippen LogP contribution in [0.5, 0.6) is 0 Å². The van der Waals surface area contributed by atoms with Gasteiger partial charge in [0.1, 0.15) is 4.99 Å². The van der Waals surface area contributed by atoms with Gasteiger partial charge in [-0.05, 0) is 6.92 Å². The van der Waals surface area contributed by atoms with E-state index in [9.17, 15) is 4.79 Å². The minimum absolute atomic E-state index is 0.241. The van der Waals surface area contributed by atoms with Gasteiger partial charge in [0.25, 0.3) is 5.56 Å². The molecule has 0 fully saturated rings. The summed E-state index contributed by atoms with van der Waals surface area (Å²) in [5, 5.41) is 5.02. The van der Waals surface area contributed by atoms with Crippen molar-refractivity contribution in [3.63, 3.8) is 0 Å². The standard InChI is InChI=1S/C5H8N4OS/c1-2-3(5(11)7-6)4(10)9-8-2/h6H2,1H3,(H,7,11)(H2,8,9,10). The van der Waals surface area contributed by atoms with E-state index in [1.54, 1.807) is 6.92 Å². The summed E-state index contributed by atoms with van der Waals surface area (Å²) in [5.74, 6) is 5.04. The maximum Gasteiger partial charge on any atom is 0.274 e. The summed E-state index contributed by atoms with van der Waals surface area (Å²) in [6, 6.07) is 0. The summed E-state index contributed by atoms with van der Waals surface area (Å²) in [4.78, 5) is 11.2. The minimum Gasteiger partial charge on any atom is -0.314 e. The second kappa shape index (κ2) is 2.85. The van der Waals surface area contributed by atoms with Gasteiger partial charge in [-0.1, -0.05) is 12.2 Å². The van der Waals surface area contributed by atoms with Crippen molar-refractivity contribution >= 4 is 17.2 Å². The van der Waals surface area contributed by atoms with E-state index in [4.69, 9.17) is 18.1 Å². The molecule has 1 heterocycles. The lowest BCUT2D eigenvalue weighted by Crippen LogP contribution is -2.32. The van der Waals surface area contributed by atoms with E-state index >= 15 is 0 Å². The molecule has 1 aromatic rings. The average Bonchev–Trinajstić information content (AvgIpc) is 2.30. The topological polar surface area (TPSA) is 86.7 Å². The highest BCUT2D eigenvalue weighted by Gasteiger charge is 2.09. The molecule has 60 valence electrons. The van der Waals surface area contributed by atoms with Gasteiger partial charge in [-0.3, -0.25) is 9.89 Å². The Morgan fingerprint density at radius 2 is 2.27 bits per heavy atom. The maximum atomic E-state index is 11.0. The van der Waals surface area contributed by atoms with Gasteiger partial charge in [0.15, 0.2) is 0 Å². The van der Waals surface area contributed by atoms with Crippen LogP contribution in [0, 0.1) is 6.92 Å². The summed E-state index contributed by atoms with van der Waals surface area (Å²) < 4.78 is 0. The highest BCUT2D eigenvalue weighted by Crippen LogP contribution is 1.95. The molecule has 0 aromatic carbocycles. The monoisotopic (exact) mass is 172 g/mol. The van der Waals surface area contributed by atoms with Crippen LogP contribution in [0.3, 0.4) is 0 Å². The van der Waals surface area contributed by atoms with Crippen molar-refractivity contribution in [1.29, 1.82) is 0 Å². The minimum atomic E-state index is -0.259. The number of aromatic amines is 2. The molecule has 0 saturated heterocycles. The van der Waals surface area contributed by atoms with Crippen molar-refractivity contribution in [2.75, 3.05) is 0 Å². The Bertz CT molecular complexity index is 325. The number of nitrogens with one attached hydrogen (secondary N) is 3. The van der Waals surface area contributed by atoms with Gasteiger partial charge in [-0.25, -0.2) is 5.84 Å². The van der Waals surface area contributed by atoms with Crippen LogP contribution in [0.1, 0.15) is 11.3 Å². The van der Waals surface area contributed by atoms with Gasteiger partial charge in [0.2, 0.25) is 0 Å². The van der Waals surface area contributed by atoms with Crippen molar-refractivity contribution < 1.29 is 0 Å². The zero-order valence-electron chi connectivity index (χ0n) is 5.89. The summed E-state index contributed by atoms with van der Waals surface area (Å²) in [6.07, 6.45) is 0. The van der Waals surface area contributed by atoms with Crippen molar-refractivity contribution in [2.45, 2.75) is 6.92 Å². The molecular weight excluding hydrogens is 164 g/mol. The molecule has 0 spiro atoms. The number of thiocarbonyl (C=S) groups is 1. The smallest absolute Gasteiger partial charge is 0.274 e. The molecule has 0 aliphatic rings. The number of nitrogens with two attached hydrogens (primary N) is 1. The van der Waals surface area contributed by atoms with Crippen LogP contribution in [0.2, 0.25) is 0 Å². The molecule has 0 aliphatic carbocycles. The number of hydrazine groups is 1. The zero-order chi connectivity index (χ0) is 8.43. The van der Waals surface area contributed by atoms with Crippen LogP contribution in [-0.2, 0) is 0 Å². The third kappa shape index (κ3) is 1.31. The highest BCUT2D eigenvalue weighted by atomic mass is 32.1. The molecule has 6 heteroatoms. The molecule has 1 aromatic heterocycles. The fourth-order valence-corrected chi connectivity index (χ4v) is 1.04. The van der Waals surface area contributed by atoms with Gasteiger partial charge in [0, 0.05) is 5.69 Å². The molecule has 11 heavy (non-hydrogen) atoms. The van der Waals surface area contributed by atoms with Gasteiger partial charge in [-0.15, -0.1) is 0 Å².